The molecule has 0 nitrogen and oxygen atoms in total. The molecule has 0 fully saturated rings. The molecule has 2 aliphatic rings. The second-order valence-corrected chi connectivity index (χ2v) is 20.7. The van der Waals surface area contributed by atoms with Crippen LogP contribution in [-0.2, 0) is 32.1 Å². The zero-order valence-electron chi connectivity index (χ0n) is 27.5. The van der Waals surface area contributed by atoms with Gasteiger partial charge in [0.05, 0.1) is 0 Å². The van der Waals surface area contributed by atoms with Gasteiger partial charge in [-0.1, -0.05) is 0 Å². The molecule has 1 atom stereocenters. The van der Waals surface area contributed by atoms with Gasteiger partial charge >= 0.3 is 269 Å². The summed E-state index contributed by atoms with van der Waals surface area (Å²) in [6, 6.07) is 37.6. The summed E-state index contributed by atoms with van der Waals surface area (Å²) in [7, 11) is 0. The summed E-state index contributed by atoms with van der Waals surface area (Å²) < 4.78 is 3.78. The van der Waals surface area contributed by atoms with Crippen molar-refractivity contribution in [3.8, 4) is 11.1 Å². The second kappa shape index (κ2) is 11.2. The second-order valence-electron chi connectivity index (χ2n) is 14.7. The van der Waals surface area contributed by atoms with E-state index in [0.29, 0.717) is 9.54 Å². The number of allylic oxidation sites excluding steroid dienone is 4. The molecule has 0 aromatic heterocycles. The first-order chi connectivity index (χ1) is 20.4. The molecule has 0 heterocycles. The van der Waals surface area contributed by atoms with Gasteiger partial charge < -0.3 is 0 Å². The van der Waals surface area contributed by atoms with Crippen LogP contribution in [0.3, 0.4) is 0 Å². The van der Waals surface area contributed by atoms with Gasteiger partial charge in [0.2, 0.25) is 0 Å². The first kappa shape index (κ1) is 30.2. The van der Waals surface area contributed by atoms with Crippen molar-refractivity contribution in [2.45, 2.75) is 76.8 Å². The summed E-state index contributed by atoms with van der Waals surface area (Å²) in [6.45, 7) is 21.3. The molecule has 43 heavy (non-hydrogen) atoms. The van der Waals surface area contributed by atoms with Crippen molar-refractivity contribution in [2.24, 2.45) is 5.92 Å². The molecule has 0 aliphatic heterocycles. The Morgan fingerprint density at radius 1 is 0.605 bits per heavy atom. The molecule has 1 heteroatoms. The predicted octanol–water partition coefficient (Wildman–Crippen LogP) is 11.1. The normalized spacial score (nSPS) is 16.7. The van der Waals surface area contributed by atoms with E-state index in [1.54, 1.807) is 23.2 Å². The Balaban J connectivity index is 1.79. The number of hydrogen-bond donors (Lipinski definition) is 0. The Bertz CT molecular complexity index is 1680. The van der Waals surface area contributed by atoms with Crippen molar-refractivity contribution in [1.29, 1.82) is 0 Å². The Labute approximate surface area is 267 Å². The van der Waals surface area contributed by atoms with Crippen molar-refractivity contribution >= 4 is 3.21 Å². The van der Waals surface area contributed by atoms with Crippen molar-refractivity contribution < 1.29 is 21.3 Å². The number of hydrogen-bond acceptors (Lipinski definition) is 0. The van der Waals surface area contributed by atoms with Crippen LogP contribution in [-0.4, -0.2) is 3.21 Å². The van der Waals surface area contributed by atoms with Crippen molar-refractivity contribution in [3.05, 3.63) is 151 Å². The molecule has 218 valence electrons. The molecule has 6 rings (SSSR count). The van der Waals surface area contributed by atoms with Crippen molar-refractivity contribution in [3.63, 3.8) is 0 Å². The fourth-order valence-corrected chi connectivity index (χ4v) is 17.3. The summed E-state index contributed by atoms with van der Waals surface area (Å²) in [4.78, 5) is 0. The first-order valence-electron chi connectivity index (χ1n) is 15.9. The molecule has 0 saturated heterocycles. The van der Waals surface area contributed by atoms with Crippen molar-refractivity contribution in [1.82, 2.24) is 0 Å². The summed E-state index contributed by atoms with van der Waals surface area (Å²) in [5, 5.41) is 0. The Kier molecular flexibility index (Phi) is 7.88. The topological polar surface area (TPSA) is 0 Å². The molecule has 0 bridgehead atoms. The van der Waals surface area contributed by atoms with E-state index in [0.717, 1.165) is 0 Å². The fourth-order valence-electron chi connectivity index (χ4n) is 7.21. The van der Waals surface area contributed by atoms with E-state index >= 15 is 0 Å². The van der Waals surface area contributed by atoms with E-state index in [1.165, 1.54) is 39.0 Å². The van der Waals surface area contributed by atoms with Crippen LogP contribution in [0.25, 0.3) is 11.1 Å². The molecular weight excluding hydrogens is 596 g/mol. The Morgan fingerprint density at radius 2 is 1.05 bits per heavy atom. The first-order valence-corrected chi connectivity index (χ1v) is 19.8. The molecule has 0 amide bonds. The van der Waals surface area contributed by atoms with E-state index in [2.05, 4.69) is 165 Å². The monoisotopic (exact) mass is 640 g/mol. The molecule has 4 aromatic rings. The van der Waals surface area contributed by atoms with Crippen LogP contribution in [0.5, 0.6) is 0 Å². The third-order valence-corrected chi connectivity index (χ3v) is 18.8. The summed E-state index contributed by atoms with van der Waals surface area (Å²) in [5.74, 6) is 0.459. The molecule has 1 unspecified atom stereocenters. The van der Waals surface area contributed by atoms with E-state index < -0.39 is 21.3 Å². The number of rotatable bonds is 4. The summed E-state index contributed by atoms with van der Waals surface area (Å²) in [5.41, 5.74) is 14.9. The molecule has 0 saturated carbocycles. The van der Waals surface area contributed by atoms with Gasteiger partial charge in [-0.2, -0.15) is 0 Å². The van der Waals surface area contributed by atoms with Gasteiger partial charge in [-0.15, -0.1) is 0 Å². The quantitative estimate of drug-likeness (QED) is 0.208. The van der Waals surface area contributed by atoms with Crippen molar-refractivity contribution in [2.75, 3.05) is 0 Å². The maximum atomic E-state index is 2.60. The average molecular weight is 642 g/mol. The summed E-state index contributed by atoms with van der Waals surface area (Å²) >= 11 is -2.82. The number of benzene rings is 4. The van der Waals surface area contributed by atoms with Crippen LogP contribution in [0.4, 0.5) is 0 Å². The third kappa shape index (κ3) is 5.48. The van der Waals surface area contributed by atoms with Crippen LogP contribution in [0.1, 0.15) is 99.3 Å². The third-order valence-electron chi connectivity index (χ3n) is 9.67. The molecule has 2 aliphatic carbocycles. The van der Waals surface area contributed by atoms with Crippen LogP contribution in [0.15, 0.2) is 118 Å². The zero-order chi connectivity index (χ0) is 30.7. The van der Waals surface area contributed by atoms with Crippen LogP contribution in [0.2, 0.25) is 0 Å². The predicted molar refractivity (Wildman–Crippen MR) is 183 cm³/mol. The molecule has 0 N–H and O–H groups in total. The SMILES string of the molecule is CC1=CC(C)[C]([Zr](=[C](c2ccccc2)c2ccccc2)[CH]2c3cc(C(C)(C)C)ccc3-c3ccc(C(C)(C)C)cc32)=C1C. The van der Waals surface area contributed by atoms with Gasteiger partial charge in [-0.3, -0.25) is 0 Å². The summed E-state index contributed by atoms with van der Waals surface area (Å²) in [6.07, 6.45) is 2.53. The van der Waals surface area contributed by atoms with Crippen LogP contribution >= 0.6 is 0 Å². The Morgan fingerprint density at radius 3 is 1.42 bits per heavy atom. The average Bonchev–Trinajstić information content (AvgIpc) is 3.42. The van der Waals surface area contributed by atoms with Crippen LogP contribution < -0.4 is 0 Å². The van der Waals surface area contributed by atoms with Gasteiger partial charge in [0.25, 0.3) is 0 Å². The van der Waals surface area contributed by atoms with E-state index in [1.807, 2.05) is 0 Å². The van der Waals surface area contributed by atoms with Gasteiger partial charge in [0, 0.05) is 0 Å². The molecule has 4 aromatic carbocycles. The van der Waals surface area contributed by atoms with Crippen LogP contribution in [0, 0.1) is 5.92 Å². The molecular formula is C42H46Zr. The molecule has 0 spiro atoms. The standard InChI is InChI=1S/C21H25.C13H10.C8H11.Zr/c1-20(2,3)16-7-9-18-14(12-16)11-15-13-17(21(4,5)6)8-10-19(15)18;1-3-7-12(8-4-1)11-13-9-5-2-6-10-13;1-6-4-7(2)8(3)5-6;/h7-13H,1-6H3;1-10H;4,6H,1-3H3;. The van der Waals surface area contributed by atoms with E-state index in [4.69, 9.17) is 0 Å². The minimum atomic E-state index is -2.82. The van der Waals surface area contributed by atoms with Gasteiger partial charge in [-0.05, 0) is 0 Å². The van der Waals surface area contributed by atoms with E-state index in [9.17, 15) is 0 Å². The Hall–Kier alpha value is -2.89. The number of fused-ring (bicyclic) bond motifs is 3. The van der Waals surface area contributed by atoms with Gasteiger partial charge in [0.1, 0.15) is 0 Å². The van der Waals surface area contributed by atoms with E-state index in [-0.39, 0.29) is 10.8 Å². The minimum absolute atomic E-state index is 0.0911. The maximum absolute atomic E-state index is 2.82. The molecule has 0 radical (unpaired) electrons. The van der Waals surface area contributed by atoms with Gasteiger partial charge in [-0.25, -0.2) is 0 Å². The zero-order valence-corrected chi connectivity index (χ0v) is 29.9. The van der Waals surface area contributed by atoms with Gasteiger partial charge in [0.15, 0.2) is 0 Å². The fraction of sp³-hybridized carbons (Fsp3) is 0.310.